The van der Waals surface area contributed by atoms with Gasteiger partial charge < -0.3 is 10.1 Å². The Morgan fingerprint density at radius 2 is 2.08 bits per heavy atom. The van der Waals surface area contributed by atoms with Crippen molar-refractivity contribution < 1.29 is 9.53 Å². The molecule has 0 aliphatic rings. The van der Waals surface area contributed by atoms with Crippen molar-refractivity contribution in [3.05, 3.63) is 60.6 Å². The van der Waals surface area contributed by atoms with Crippen LogP contribution in [0, 0.1) is 28.7 Å². The van der Waals surface area contributed by atoms with Crippen LogP contribution in [-0.4, -0.2) is 13.0 Å². The quantitative estimate of drug-likeness (QED) is 0.348. The zero-order chi connectivity index (χ0) is 18.6. The van der Waals surface area contributed by atoms with Crippen molar-refractivity contribution in [3.63, 3.8) is 0 Å². The van der Waals surface area contributed by atoms with E-state index in [9.17, 15) is 10.1 Å². The number of anilines is 1. The number of aryl methyl sites for hydroxylation is 1. The molecule has 0 saturated heterocycles. The molecular weight excluding hydrogens is 495 g/mol. The predicted octanol–water partition coefficient (Wildman–Crippen LogP) is 5.22. The number of hydrogen-bond acceptors (Lipinski definition) is 3. The Kier molecular flexibility index (Phi) is 6.62. The lowest BCUT2D eigenvalue weighted by Crippen LogP contribution is -2.14. The minimum absolute atomic E-state index is 0.0359. The van der Waals surface area contributed by atoms with Crippen molar-refractivity contribution in [1.29, 1.82) is 5.26 Å². The molecule has 128 valence electrons. The average molecular weight is 511 g/mol. The summed E-state index contributed by atoms with van der Waals surface area (Å²) in [6, 6.07) is 11.3. The van der Waals surface area contributed by atoms with Gasteiger partial charge in [-0.25, -0.2) is 0 Å². The van der Waals surface area contributed by atoms with Gasteiger partial charge in [0, 0.05) is 5.69 Å². The van der Waals surface area contributed by atoms with E-state index in [1.807, 2.05) is 50.2 Å². The molecule has 25 heavy (non-hydrogen) atoms. The smallest absolute Gasteiger partial charge is 0.266 e. The Morgan fingerprint density at radius 3 is 2.68 bits per heavy atom. The zero-order valence-electron chi connectivity index (χ0n) is 14.0. The summed E-state index contributed by atoms with van der Waals surface area (Å²) in [6.45, 7) is 3.91. The normalized spacial score (nSPS) is 11.0. The van der Waals surface area contributed by atoms with Crippen molar-refractivity contribution in [1.82, 2.24) is 0 Å². The number of carbonyl (C=O) groups is 1. The number of ether oxygens (including phenoxy) is 1. The molecule has 0 radical (unpaired) electrons. The van der Waals surface area contributed by atoms with Gasteiger partial charge in [-0.2, -0.15) is 5.26 Å². The average Bonchev–Trinajstić information content (AvgIpc) is 2.56. The van der Waals surface area contributed by atoms with Crippen LogP contribution in [0.15, 0.2) is 40.4 Å². The summed E-state index contributed by atoms with van der Waals surface area (Å²) >= 11 is 5.58. The summed E-state index contributed by atoms with van der Waals surface area (Å²) in [4.78, 5) is 12.5. The van der Waals surface area contributed by atoms with Gasteiger partial charge in [0.05, 0.1) is 15.2 Å². The fraction of sp³-hybridized carbons (Fsp3) is 0.158. The van der Waals surface area contributed by atoms with Gasteiger partial charge in [0.1, 0.15) is 17.4 Å². The SMILES string of the molecule is COc1c(Br)cc(/C=C(\C#N)C(=O)Nc2cccc(C)c2C)cc1I. The molecule has 0 aliphatic carbocycles. The molecule has 0 aliphatic heterocycles. The lowest BCUT2D eigenvalue weighted by molar-refractivity contribution is -0.112. The Balaban J connectivity index is 2.33. The molecule has 4 nitrogen and oxygen atoms in total. The molecule has 1 amide bonds. The number of nitrogens with one attached hydrogen (secondary N) is 1. The van der Waals surface area contributed by atoms with E-state index < -0.39 is 5.91 Å². The van der Waals surface area contributed by atoms with Crippen LogP contribution in [-0.2, 0) is 4.79 Å². The van der Waals surface area contributed by atoms with Crippen LogP contribution < -0.4 is 10.1 Å². The van der Waals surface area contributed by atoms with E-state index in [0.717, 1.165) is 30.5 Å². The van der Waals surface area contributed by atoms with E-state index in [0.29, 0.717) is 5.69 Å². The van der Waals surface area contributed by atoms with E-state index in [2.05, 4.69) is 43.8 Å². The molecule has 0 spiro atoms. The number of halogens is 2. The second kappa shape index (κ2) is 8.50. The van der Waals surface area contributed by atoms with E-state index >= 15 is 0 Å². The van der Waals surface area contributed by atoms with Gasteiger partial charge in [0.15, 0.2) is 0 Å². The number of nitrogens with zero attached hydrogens (tertiary/aromatic N) is 1. The monoisotopic (exact) mass is 510 g/mol. The van der Waals surface area contributed by atoms with Gasteiger partial charge in [0.25, 0.3) is 5.91 Å². The third kappa shape index (κ3) is 4.61. The molecule has 0 heterocycles. The van der Waals surface area contributed by atoms with Gasteiger partial charge >= 0.3 is 0 Å². The van der Waals surface area contributed by atoms with Crippen molar-refractivity contribution >= 4 is 56.2 Å². The Morgan fingerprint density at radius 1 is 1.36 bits per heavy atom. The fourth-order valence-electron chi connectivity index (χ4n) is 2.25. The third-order valence-corrected chi connectivity index (χ3v) is 5.14. The second-order valence-electron chi connectivity index (χ2n) is 5.39. The molecule has 0 unspecified atom stereocenters. The summed E-state index contributed by atoms with van der Waals surface area (Å²) in [7, 11) is 1.59. The van der Waals surface area contributed by atoms with Crippen LogP contribution in [0.4, 0.5) is 5.69 Å². The number of hydrogen-bond donors (Lipinski definition) is 1. The molecule has 0 aromatic heterocycles. The van der Waals surface area contributed by atoms with Crippen LogP contribution in [0.1, 0.15) is 16.7 Å². The van der Waals surface area contributed by atoms with Gasteiger partial charge in [-0.1, -0.05) is 12.1 Å². The van der Waals surface area contributed by atoms with Gasteiger partial charge in [-0.15, -0.1) is 0 Å². The highest BCUT2D eigenvalue weighted by atomic mass is 127. The summed E-state index contributed by atoms with van der Waals surface area (Å²) in [5, 5.41) is 12.2. The number of carbonyl (C=O) groups excluding carboxylic acids is 1. The molecule has 6 heteroatoms. The zero-order valence-corrected chi connectivity index (χ0v) is 17.7. The topological polar surface area (TPSA) is 62.1 Å². The predicted molar refractivity (Wildman–Crippen MR) is 112 cm³/mol. The molecule has 0 fully saturated rings. The lowest BCUT2D eigenvalue weighted by Gasteiger charge is -2.10. The standard InChI is InChI=1S/C19H16BrIN2O2/c1-11-5-4-6-17(12(11)2)23-19(24)14(10-22)7-13-8-15(20)18(25-3)16(21)9-13/h4-9H,1-3H3,(H,23,24)/b14-7+. The first-order valence-electron chi connectivity index (χ1n) is 7.39. The van der Waals surface area contributed by atoms with Crippen LogP contribution >= 0.6 is 38.5 Å². The molecule has 2 rings (SSSR count). The molecular formula is C19H16BrIN2O2. The first kappa shape index (κ1) is 19.5. The third-order valence-electron chi connectivity index (χ3n) is 3.75. The molecule has 2 aromatic carbocycles. The van der Waals surface area contributed by atoms with Gasteiger partial charge in [-0.3, -0.25) is 4.79 Å². The van der Waals surface area contributed by atoms with Crippen molar-refractivity contribution in [3.8, 4) is 11.8 Å². The molecule has 0 atom stereocenters. The minimum atomic E-state index is -0.432. The second-order valence-corrected chi connectivity index (χ2v) is 7.41. The Bertz CT molecular complexity index is 878. The minimum Gasteiger partial charge on any atom is -0.494 e. The van der Waals surface area contributed by atoms with Crippen molar-refractivity contribution in [2.24, 2.45) is 0 Å². The van der Waals surface area contributed by atoms with Crippen LogP contribution in [0.25, 0.3) is 6.08 Å². The number of rotatable bonds is 4. The number of nitriles is 1. The largest absolute Gasteiger partial charge is 0.494 e. The molecule has 0 bridgehead atoms. The maximum atomic E-state index is 12.5. The van der Waals surface area contributed by atoms with Gasteiger partial charge in [0.2, 0.25) is 0 Å². The Hall–Kier alpha value is -1.85. The lowest BCUT2D eigenvalue weighted by atomic mass is 10.1. The molecule has 0 saturated carbocycles. The summed E-state index contributed by atoms with van der Waals surface area (Å²) in [5.41, 5.74) is 3.54. The van der Waals surface area contributed by atoms with Crippen LogP contribution in [0.2, 0.25) is 0 Å². The number of benzene rings is 2. The molecule has 1 N–H and O–H groups in total. The highest BCUT2D eigenvalue weighted by Crippen LogP contribution is 2.32. The van der Waals surface area contributed by atoms with E-state index in [-0.39, 0.29) is 5.57 Å². The summed E-state index contributed by atoms with van der Waals surface area (Å²) < 4.78 is 6.94. The highest BCUT2D eigenvalue weighted by Gasteiger charge is 2.13. The number of amides is 1. The van der Waals surface area contributed by atoms with Gasteiger partial charge in [-0.05, 0) is 93.3 Å². The highest BCUT2D eigenvalue weighted by molar-refractivity contribution is 14.1. The maximum absolute atomic E-state index is 12.5. The number of methoxy groups -OCH3 is 1. The van der Waals surface area contributed by atoms with Crippen LogP contribution in [0.5, 0.6) is 5.75 Å². The van der Waals surface area contributed by atoms with Crippen molar-refractivity contribution in [2.45, 2.75) is 13.8 Å². The van der Waals surface area contributed by atoms with Crippen LogP contribution in [0.3, 0.4) is 0 Å². The maximum Gasteiger partial charge on any atom is 0.266 e. The van der Waals surface area contributed by atoms with E-state index in [1.165, 1.54) is 0 Å². The first-order valence-corrected chi connectivity index (χ1v) is 9.27. The van der Waals surface area contributed by atoms with E-state index in [4.69, 9.17) is 4.74 Å². The Labute approximate surface area is 169 Å². The first-order chi connectivity index (χ1) is 11.9. The van der Waals surface area contributed by atoms with E-state index in [1.54, 1.807) is 13.2 Å². The van der Waals surface area contributed by atoms with Crippen molar-refractivity contribution in [2.75, 3.05) is 12.4 Å². The summed E-state index contributed by atoms with van der Waals surface area (Å²) in [6.07, 6.45) is 1.56. The summed E-state index contributed by atoms with van der Waals surface area (Å²) in [5.74, 6) is 0.286. The molecule has 2 aromatic rings. The fourth-order valence-corrected chi connectivity index (χ4v) is 4.13.